The third kappa shape index (κ3) is 5.03. The molecule has 25 heavy (non-hydrogen) atoms. The summed E-state index contributed by atoms with van der Waals surface area (Å²) in [5.41, 5.74) is 0.816. The second-order valence-electron chi connectivity index (χ2n) is 5.37. The highest BCUT2D eigenvalue weighted by atomic mass is 16.5. The van der Waals surface area contributed by atoms with Crippen LogP contribution >= 0.6 is 0 Å². The number of hydrogen-bond acceptors (Lipinski definition) is 6. The number of alkyl carbamates (subject to hydrolysis) is 1. The molecule has 134 valence electrons. The molecule has 2 amide bonds. The predicted octanol–water partition coefficient (Wildman–Crippen LogP) is 0.646. The van der Waals surface area contributed by atoms with E-state index in [2.05, 4.69) is 5.32 Å². The quantitative estimate of drug-likeness (QED) is 0.598. The highest BCUT2D eigenvalue weighted by molar-refractivity contribution is 6.08. The van der Waals surface area contributed by atoms with Gasteiger partial charge in [0.2, 0.25) is 5.91 Å². The first-order valence-corrected chi connectivity index (χ1v) is 7.96. The normalized spacial score (nSPS) is 16.4. The molecule has 1 atom stereocenters. The van der Waals surface area contributed by atoms with Crippen LogP contribution in [0.2, 0.25) is 0 Å². The molecule has 0 aromatic heterocycles. The SMILES string of the molecule is CCOC(=O)C1C(=O)CCN1C(=O)CNC(=O)OCc1ccccc1. The number of carbonyl (C=O) groups is 4. The molecule has 1 aromatic rings. The lowest BCUT2D eigenvalue weighted by Crippen LogP contribution is -2.48. The standard InChI is InChI=1S/C17H20N2O6/c1-2-24-16(22)15-13(20)8-9-19(15)14(21)10-18-17(23)25-11-12-6-4-3-5-7-12/h3-7,15H,2,8-11H2,1H3,(H,18,23). The number of carbonyl (C=O) groups excluding carboxylic acids is 4. The van der Waals surface area contributed by atoms with Gasteiger partial charge in [0.15, 0.2) is 11.8 Å². The van der Waals surface area contributed by atoms with Crippen LogP contribution in [0.1, 0.15) is 18.9 Å². The molecule has 0 aliphatic carbocycles. The van der Waals surface area contributed by atoms with Crippen LogP contribution in [0.5, 0.6) is 0 Å². The number of benzene rings is 1. The van der Waals surface area contributed by atoms with Gasteiger partial charge in [-0.1, -0.05) is 30.3 Å². The van der Waals surface area contributed by atoms with Gasteiger partial charge in [0.25, 0.3) is 0 Å². The number of esters is 1. The van der Waals surface area contributed by atoms with Crippen molar-refractivity contribution in [3.8, 4) is 0 Å². The number of ketones is 1. The number of amides is 2. The van der Waals surface area contributed by atoms with E-state index in [0.717, 1.165) is 10.5 Å². The first-order chi connectivity index (χ1) is 12.0. The van der Waals surface area contributed by atoms with Crippen molar-refractivity contribution in [2.24, 2.45) is 0 Å². The maximum absolute atomic E-state index is 12.2. The van der Waals surface area contributed by atoms with E-state index < -0.39 is 24.0 Å². The molecule has 1 aromatic carbocycles. The van der Waals surface area contributed by atoms with E-state index >= 15 is 0 Å². The maximum Gasteiger partial charge on any atom is 0.407 e. The van der Waals surface area contributed by atoms with Crippen molar-refractivity contribution in [1.29, 1.82) is 0 Å². The second-order valence-corrected chi connectivity index (χ2v) is 5.37. The van der Waals surface area contributed by atoms with Crippen molar-refractivity contribution in [2.75, 3.05) is 19.7 Å². The van der Waals surface area contributed by atoms with Gasteiger partial charge in [-0.3, -0.25) is 9.59 Å². The number of Topliss-reactive ketones (excluding diaryl/α,β-unsaturated/α-hetero) is 1. The molecule has 0 bridgehead atoms. The Morgan fingerprint density at radius 2 is 1.92 bits per heavy atom. The minimum Gasteiger partial charge on any atom is -0.464 e. The highest BCUT2D eigenvalue weighted by Crippen LogP contribution is 2.15. The van der Waals surface area contributed by atoms with Crippen molar-refractivity contribution < 1.29 is 28.7 Å². The summed E-state index contributed by atoms with van der Waals surface area (Å²) >= 11 is 0. The van der Waals surface area contributed by atoms with Gasteiger partial charge in [-0.25, -0.2) is 9.59 Å². The summed E-state index contributed by atoms with van der Waals surface area (Å²) < 4.78 is 9.82. The molecule has 1 aliphatic rings. The molecule has 1 N–H and O–H groups in total. The monoisotopic (exact) mass is 348 g/mol. The van der Waals surface area contributed by atoms with E-state index in [9.17, 15) is 19.2 Å². The van der Waals surface area contributed by atoms with Gasteiger partial charge in [-0.15, -0.1) is 0 Å². The van der Waals surface area contributed by atoms with Gasteiger partial charge in [0.05, 0.1) is 6.61 Å². The van der Waals surface area contributed by atoms with Gasteiger partial charge >= 0.3 is 12.1 Å². The first kappa shape index (κ1) is 18.4. The molecule has 1 aliphatic heterocycles. The first-order valence-electron chi connectivity index (χ1n) is 7.96. The third-order valence-corrected chi connectivity index (χ3v) is 3.64. The van der Waals surface area contributed by atoms with Crippen molar-refractivity contribution >= 4 is 23.8 Å². The predicted molar refractivity (Wildman–Crippen MR) is 86.4 cm³/mol. The smallest absolute Gasteiger partial charge is 0.407 e. The highest BCUT2D eigenvalue weighted by Gasteiger charge is 2.41. The molecule has 8 nitrogen and oxygen atoms in total. The maximum atomic E-state index is 12.2. The Morgan fingerprint density at radius 3 is 2.60 bits per heavy atom. The molecule has 1 fully saturated rings. The Kier molecular flexibility index (Phi) is 6.50. The van der Waals surface area contributed by atoms with Crippen LogP contribution in [0.25, 0.3) is 0 Å². The molecule has 0 radical (unpaired) electrons. The van der Waals surface area contributed by atoms with E-state index in [-0.39, 0.29) is 38.5 Å². The average molecular weight is 348 g/mol. The van der Waals surface area contributed by atoms with Crippen molar-refractivity contribution in [1.82, 2.24) is 10.2 Å². The summed E-state index contributed by atoms with van der Waals surface area (Å²) in [6.07, 6.45) is -0.663. The molecule has 1 unspecified atom stereocenters. The van der Waals surface area contributed by atoms with Crippen LogP contribution in [-0.2, 0) is 30.5 Å². The van der Waals surface area contributed by atoms with Gasteiger partial charge in [0.1, 0.15) is 13.2 Å². The Balaban J connectivity index is 1.81. The van der Waals surface area contributed by atoms with E-state index in [1.807, 2.05) is 18.2 Å². The van der Waals surface area contributed by atoms with E-state index in [1.165, 1.54) is 0 Å². The lowest BCUT2D eigenvalue weighted by atomic mass is 10.2. The summed E-state index contributed by atoms with van der Waals surface area (Å²) in [5, 5.41) is 2.32. The van der Waals surface area contributed by atoms with Crippen molar-refractivity contribution in [3.63, 3.8) is 0 Å². The lowest BCUT2D eigenvalue weighted by Gasteiger charge is -2.22. The number of hydrogen-bond donors (Lipinski definition) is 1. The average Bonchev–Trinajstić information content (AvgIpc) is 3.00. The van der Waals surface area contributed by atoms with Gasteiger partial charge in [0, 0.05) is 13.0 Å². The summed E-state index contributed by atoms with van der Waals surface area (Å²) in [6.45, 7) is 1.58. The lowest BCUT2D eigenvalue weighted by molar-refractivity contribution is -0.155. The number of rotatable bonds is 6. The fraction of sp³-hybridized carbons (Fsp3) is 0.412. The van der Waals surface area contributed by atoms with Crippen molar-refractivity contribution in [2.45, 2.75) is 26.0 Å². The number of likely N-dealkylation sites (tertiary alicyclic amines) is 1. The second kappa shape index (κ2) is 8.81. The summed E-state index contributed by atoms with van der Waals surface area (Å²) in [4.78, 5) is 48.6. The molecule has 1 heterocycles. The number of nitrogens with zero attached hydrogens (tertiary/aromatic N) is 1. The topological polar surface area (TPSA) is 102 Å². The largest absolute Gasteiger partial charge is 0.464 e. The van der Waals surface area contributed by atoms with E-state index in [4.69, 9.17) is 9.47 Å². The van der Waals surface area contributed by atoms with Gasteiger partial charge < -0.3 is 19.7 Å². The molecule has 8 heteroatoms. The summed E-state index contributed by atoms with van der Waals surface area (Å²) in [7, 11) is 0. The zero-order valence-electron chi connectivity index (χ0n) is 13.9. The third-order valence-electron chi connectivity index (χ3n) is 3.64. The van der Waals surface area contributed by atoms with Gasteiger partial charge in [-0.05, 0) is 12.5 Å². The Bertz CT molecular complexity index is 646. The zero-order valence-corrected chi connectivity index (χ0v) is 13.9. The summed E-state index contributed by atoms with van der Waals surface area (Å²) in [6, 6.07) is 7.87. The number of nitrogens with one attached hydrogen (secondary N) is 1. The molecular formula is C17H20N2O6. The van der Waals surface area contributed by atoms with Crippen LogP contribution < -0.4 is 5.32 Å². The van der Waals surface area contributed by atoms with E-state index in [0.29, 0.717) is 0 Å². The molecule has 0 spiro atoms. The molecule has 2 rings (SSSR count). The minimum atomic E-state index is -1.23. The van der Waals surface area contributed by atoms with Crippen LogP contribution in [0.15, 0.2) is 30.3 Å². The van der Waals surface area contributed by atoms with E-state index in [1.54, 1.807) is 19.1 Å². The Labute approximate surface area is 145 Å². The Hall–Kier alpha value is -2.90. The van der Waals surface area contributed by atoms with Crippen molar-refractivity contribution in [3.05, 3.63) is 35.9 Å². The van der Waals surface area contributed by atoms with Crippen LogP contribution in [0.4, 0.5) is 4.79 Å². The van der Waals surface area contributed by atoms with Gasteiger partial charge in [-0.2, -0.15) is 0 Å². The van der Waals surface area contributed by atoms with Crippen LogP contribution in [-0.4, -0.2) is 54.4 Å². The Morgan fingerprint density at radius 1 is 1.20 bits per heavy atom. The fourth-order valence-electron chi connectivity index (χ4n) is 2.44. The van der Waals surface area contributed by atoms with Crippen LogP contribution in [0.3, 0.4) is 0 Å². The van der Waals surface area contributed by atoms with Crippen LogP contribution in [0, 0.1) is 0 Å². The molecular weight excluding hydrogens is 328 g/mol. The number of ether oxygens (including phenoxy) is 2. The summed E-state index contributed by atoms with van der Waals surface area (Å²) in [5.74, 6) is -1.65. The minimum absolute atomic E-state index is 0.0779. The fourth-order valence-corrected chi connectivity index (χ4v) is 2.44. The molecule has 0 saturated carbocycles. The molecule has 1 saturated heterocycles. The zero-order chi connectivity index (χ0) is 18.2.